The van der Waals surface area contributed by atoms with Crippen LogP contribution in [0.5, 0.6) is 0 Å². The third-order valence-corrected chi connectivity index (χ3v) is 1.41. The first-order valence-electron chi connectivity index (χ1n) is 4.15. The van der Waals surface area contributed by atoms with E-state index in [1.807, 2.05) is 6.08 Å². The Labute approximate surface area is 68.6 Å². The summed E-state index contributed by atoms with van der Waals surface area (Å²) < 4.78 is 0. The highest BCUT2D eigenvalue weighted by Gasteiger charge is 1.92. The molecule has 0 bridgehead atoms. The highest BCUT2D eigenvalue weighted by Crippen LogP contribution is 2.00. The quantitative estimate of drug-likeness (QED) is 0.470. The van der Waals surface area contributed by atoms with E-state index >= 15 is 0 Å². The fourth-order valence-electron chi connectivity index (χ4n) is 0.824. The summed E-state index contributed by atoms with van der Waals surface area (Å²) in [7, 11) is 0. The zero-order chi connectivity index (χ0) is 8.69. The minimum atomic E-state index is -0.346. The fourth-order valence-corrected chi connectivity index (χ4v) is 0.824. The van der Waals surface area contributed by atoms with Crippen LogP contribution < -0.4 is 0 Å². The van der Waals surface area contributed by atoms with Crippen LogP contribution in [-0.2, 0) is 0 Å². The largest absolute Gasteiger partial charge is 0.393 e. The third-order valence-electron chi connectivity index (χ3n) is 1.41. The summed E-state index contributed by atoms with van der Waals surface area (Å²) in [4.78, 5) is 0. The number of hydrogen-bond acceptors (Lipinski definition) is 2. The van der Waals surface area contributed by atoms with E-state index in [-0.39, 0.29) is 12.2 Å². The minimum absolute atomic E-state index is 0.199. The van der Waals surface area contributed by atoms with Gasteiger partial charge in [0.05, 0.1) is 12.2 Å². The van der Waals surface area contributed by atoms with Crippen molar-refractivity contribution in [2.45, 2.75) is 45.3 Å². The van der Waals surface area contributed by atoms with E-state index in [9.17, 15) is 0 Å². The molecule has 2 N–H and O–H groups in total. The van der Waals surface area contributed by atoms with Crippen molar-refractivity contribution in [3.05, 3.63) is 12.2 Å². The molecule has 0 rings (SSSR count). The maximum absolute atomic E-state index is 8.89. The van der Waals surface area contributed by atoms with Crippen LogP contribution in [0.3, 0.4) is 0 Å². The van der Waals surface area contributed by atoms with E-state index in [2.05, 4.69) is 0 Å². The van der Waals surface area contributed by atoms with Crippen molar-refractivity contribution in [1.82, 2.24) is 0 Å². The third kappa shape index (κ3) is 9.66. The molecule has 0 aliphatic carbocycles. The van der Waals surface area contributed by atoms with Crippen LogP contribution in [0.2, 0.25) is 0 Å². The molecule has 0 amide bonds. The van der Waals surface area contributed by atoms with E-state index in [0.29, 0.717) is 0 Å². The lowest BCUT2D eigenvalue weighted by Gasteiger charge is -2.00. The molecule has 11 heavy (non-hydrogen) atoms. The van der Waals surface area contributed by atoms with E-state index in [4.69, 9.17) is 10.2 Å². The van der Waals surface area contributed by atoms with Gasteiger partial charge in [-0.3, -0.25) is 0 Å². The molecule has 2 heteroatoms. The normalized spacial score (nSPS) is 17.1. The summed E-state index contributed by atoms with van der Waals surface area (Å²) in [5, 5.41) is 17.7. The van der Waals surface area contributed by atoms with Gasteiger partial charge in [-0.05, 0) is 33.1 Å². The van der Waals surface area contributed by atoms with Crippen LogP contribution in [0.25, 0.3) is 0 Å². The molecular weight excluding hydrogens is 140 g/mol. The Bertz CT molecular complexity index is 106. The maximum Gasteiger partial charge on any atom is 0.0692 e. The summed E-state index contributed by atoms with van der Waals surface area (Å²) in [6.45, 7) is 3.52. The first-order valence-corrected chi connectivity index (χ1v) is 4.15. The van der Waals surface area contributed by atoms with Gasteiger partial charge >= 0.3 is 0 Å². The van der Waals surface area contributed by atoms with E-state index in [1.165, 1.54) is 0 Å². The van der Waals surface area contributed by atoms with Gasteiger partial charge in [0.25, 0.3) is 0 Å². The Hall–Kier alpha value is -0.340. The Morgan fingerprint density at radius 2 is 1.91 bits per heavy atom. The van der Waals surface area contributed by atoms with Gasteiger partial charge in [-0.25, -0.2) is 0 Å². The van der Waals surface area contributed by atoms with Gasteiger partial charge in [0.2, 0.25) is 0 Å². The molecule has 2 nitrogen and oxygen atoms in total. The van der Waals surface area contributed by atoms with Gasteiger partial charge in [-0.15, -0.1) is 0 Å². The Kier molecular flexibility index (Phi) is 6.18. The molecule has 66 valence electrons. The van der Waals surface area contributed by atoms with E-state index in [1.54, 1.807) is 19.9 Å². The summed E-state index contributed by atoms with van der Waals surface area (Å²) in [6.07, 6.45) is 5.94. The Balaban J connectivity index is 3.14. The minimum Gasteiger partial charge on any atom is -0.393 e. The molecule has 0 aliphatic rings. The van der Waals surface area contributed by atoms with E-state index < -0.39 is 0 Å². The first-order chi connectivity index (χ1) is 5.13. The predicted octanol–water partition coefficient (Wildman–Crippen LogP) is 1.47. The van der Waals surface area contributed by atoms with Gasteiger partial charge in [0.15, 0.2) is 0 Å². The second-order valence-electron chi connectivity index (χ2n) is 2.95. The second-order valence-corrected chi connectivity index (χ2v) is 2.95. The molecule has 0 spiro atoms. The topological polar surface area (TPSA) is 40.5 Å². The highest BCUT2D eigenvalue weighted by molar-refractivity contribution is 4.85. The van der Waals surface area contributed by atoms with Gasteiger partial charge in [0, 0.05) is 0 Å². The Morgan fingerprint density at radius 1 is 1.27 bits per heavy atom. The molecule has 0 aromatic heterocycles. The van der Waals surface area contributed by atoms with Crippen LogP contribution in [-0.4, -0.2) is 22.4 Å². The molecule has 0 radical (unpaired) electrons. The molecule has 0 saturated heterocycles. The fraction of sp³-hybridized carbons (Fsp3) is 0.778. The SMILES string of the molecule is C[C@@H](O)/C=C/CCC[C@@H](C)O. The molecule has 0 saturated carbocycles. The number of aliphatic hydroxyl groups is 2. The molecular formula is C9H18O2. The van der Waals surface area contributed by atoms with Crippen molar-refractivity contribution in [2.75, 3.05) is 0 Å². The summed E-state index contributed by atoms with van der Waals surface area (Å²) in [5.74, 6) is 0. The maximum atomic E-state index is 8.89. The van der Waals surface area contributed by atoms with Crippen molar-refractivity contribution in [1.29, 1.82) is 0 Å². The Morgan fingerprint density at radius 3 is 2.36 bits per heavy atom. The monoisotopic (exact) mass is 158 g/mol. The molecule has 0 aromatic rings. The molecule has 0 fully saturated rings. The van der Waals surface area contributed by atoms with E-state index in [0.717, 1.165) is 19.3 Å². The molecule has 0 unspecified atom stereocenters. The summed E-state index contributed by atoms with van der Waals surface area (Å²) in [5.41, 5.74) is 0. The average molecular weight is 158 g/mol. The second kappa shape index (κ2) is 6.38. The molecule has 0 aliphatic heterocycles. The highest BCUT2D eigenvalue weighted by atomic mass is 16.3. The van der Waals surface area contributed by atoms with Crippen LogP contribution in [0.4, 0.5) is 0 Å². The number of hydrogen-bond donors (Lipinski definition) is 2. The molecule has 0 heterocycles. The number of allylic oxidation sites excluding steroid dienone is 1. The number of rotatable bonds is 5. The van der Waals surface area contributed by atoms with Crippen molar-refractivity contribution in [2.24, 2.45) is 0 Å². The average Bonchev–Trinajstić information content (AvgIpc) is 1.85. The van der Waals surface area contributed by atoms with Crippen molar-refractivity contribution in [3.8, 4) is 0 Å². The van der Waals surface area contributed by atoms with Gasteiger partial charge < -0.3 is 10.2 Å². The van der Waals surface area contributed by atoms with Crippen LogP contribution in [0.15, 0.2) is 12.2 Å². The zero-order valence-electron chi connectivity index (χ0n) is 7.33. The lowest BCUT2D eigenvalue weighted by molar-refractivity contribution is 0.182. The molecule has 2 atom stereocenters. The standard InChI is InChI=1S/C9H18O2/c1-8(10)6-4-3-5-7-9(2)11/h4,6,8-11H,3,5,7H2,1-2H3/b6-4+/t8-,9-/m1/s1. The van der Waals surface area contributed by atoms with Crippen LogP contribution >= 0.6 is 0 Å². The number of aliphatic hydroxyl groups excluding tert-OH is 2. The van der Waals surface area contributed by atoms with Crippen molar-refractivity contribution in [3.63, 3.8) is 0 Å². The lowest BCUT2D eigenvalue weighted by Crippen LogP contribution is -1.98. The van der Waals surface area contributed by atoms with Gasteiger partial charge in [-0.1, -0.05) is 12.2 Å². The van der Waals surface area contributed by atoms with Gasteiger partial charge in [-0.2, -0.15) is 0 Å². The van der Waals surface area contributed by atoms with Crippen molar-refractivity contribution < 1.29 is 10.2 Å². The summed E-state index contributed by atoms with van der Waals surface area (Å²) >= 11 is 0. The van der Waals surface area contributed by atoms with Crippen LogP contribution in [0.1, 0.15) is 33.1 Å². The van der Waals surface area contributed by atoms with Crippen molar-refractivity contribution >= 4 is 0 Å². The smallest absolute Gasteiger partial charge is 0.0692 e. The first kappa shape index (κ1) is 10.7. The summed E-state index contributed by atoms with van der Waals surface area (Å²) in [6, 6.07) is 0. The number of unbranched alkanes of at least 4 members (excludes halogenated alkanes) is 1. The van der Waals surface area contributed by atoms with Gasteiger partial charge in [0.1, 0.15) is 0 Å². The molecule has 0 aromatic carbocycles. The zero-order valence-corrected chi connectivity index (χ0v) is 7.33. The van der Waals surface area contributed by atoms with Crippen LogP contribution in [0, 0.1) is 0 Å². The predicted molar refractivity (Wildman–Crippen MR) is 46.4 cm³/mol. The lowest BCUT2D eigenvalue weighted by atomic mass is 10.1.